The van der Waals surface area contributed by atoms with Crippen molar-refractivity contribution < 1.29 is 13.2 Å². The van der Waals surface area contributed by atoms with Gasteiger partial charge in [0.2, 0.25) is 0 Å². The van der Waals surface area contributed by atoms with Crippen LogP contribution in [0.3, 0.4) is 0 Å². The van der Waals surface area contributed by atoms with E-state index in [0.717, 1.165) is 0 Å². The molecule has 0 spiro atoms. The standard InChI is InChI=1S/C15H11BrClNO3S/c1-21-14-9-18(13-7-6-10(17)8-11(13)14)22(19,20)15-5-3-2-4-12(15)16/h2-9H,1H3. The zero-order chi connectivity index (χ0) is 15.9. The first-order valence-electron chi connectivity index (χ1n) is 6.30. The number of nitrogens with zero attached hydrogens (tertiary/aromatic N) is 1. The first-order valence-corrected chi connectivity index (χ1v) is 8.91. The molecule has 0 aliphatic rings. The summed E-state index contributed by atoms with van der Waals surface area (Å²) in [7, 11) is -2.26. The highest BCUT2D eigenvalue weighted by molar-refractivity contribution is 9.10. The van der Waals surface area contributed by atoms with E-state index in [2.05, 4.69) is 15.9 Å². The minimum Gasteiger partial charge on any atom is -0.494 e. The summed E-state index contributed by atoms with van der Waals surface area (Å²) >= 11 is 9.28. The summed E-state index contributed by atoms with van der Waals surface area (Å²) in [6.45, 7) is 0. The Morgan fingerprint density at radius 3 is 2.59 bits per heavy atom. The van der Waals surface area contributed by atoms with Crippen LogP contribution in [0.2, 0.25) is 5.02 Å². The van der Waals surface area contributed by atoms with Crippen LogP contribution < -0.4 is 4.74 Å². The minimum atomic E-state index is -3.75. The van der Waals surface area contributed by atoms with Crippen LogP contribution in [0.1, 0.15) is 0 Å². The number of ether oxygens (including phenoxy) is 1. The number of methoxy groups -OCH3 is 1. The molecule has 0 aliphatic heterocycles. The van der Waals surface area contributed by atoms with Crippen LogP contribution in [0.25, 0.3) is 10.9 Å². The van der Waals surface area contributed by atoms with E-state index in [0.29, 0.717) is 26.1 Å². The highest BCUT2D eigenvalue weighted by Crippen LogP contribution is 2.34. The van der Waals surface area contributed by atoms with E-state index >= 15 is 0 Å². The molecule has 1 aromatic heterocycles. The predicted octanol–water partition coefficient (Wildman–Crippen LogP) is 4.30. The summed E-state index contributed by atoms with van der Waals surface area (Å²) in [5.74, 6) is 0.452. The number of halogens is 2. The number of benzene rings is 2. The van der Waals surface area contributed by atoms with E-state index in [9.17, 15) is 8.42 Å². The zero-order valence-corrected chi connectivity index (χ0v) is 14.6. The molecule has 3 aromatic rings. The van der Waals surface area contributed by atoms with Crippen molar-refractivity contribution >= 4 is 48.5 Å². The molecule has 0 fully saturated rings. The van der Waals surface area contributed by atoms with Crippen molar-refractivity contribution in [1.82, 2.24) is 3.97 Å². The van der Waals surface area contributed by atoms with Gasteiger partial charge in [-0.1, -0.05) is 23.7 Å². The highest BCUT2D eigenvalue weighted by Gasteiger charge is 2.23. The summed E-state index contributed by atoms with van der Waals surface area (Å²) in [6, 6.07) is 11.7. The Morgan fingerprint density at radius 1 is 1.18 bits per heavy atom. The van der Waals surface area contributed by atoms with Gasteiger partial charge in [-0.2, -0.15) is 0 Å². The highest BCUT2D eigenvalue weighted by atomic mass is 79.9. The lowest BCUT2D eigenvalue weighted by Gasteiger charge is -2.09. The summed E-state index contributed by atoms with van der Waals surface area (Å²) in [4.78, 5) is 0.185. The molecule has 3 rings (SSSR count). The lowest BCUT2D eigenvalue weighted by molar-refractivity contribution is 0.419. The maximum absolute atomic E-state index is 12.9. The van der Waals surface area contributed by atoms with Crippen molar-refractivity contribution in [2.24, 2.45) is 0 Å². The second-order valence-corrected chi connectivity index (χ2v) is 7.66. The van der Waals surface area contributed by atoms with Crippen LogP contribution in [0.5, 0.6) is 5.75 Å². The molecule has 7 heteroatoms. The molecule has 22 heavy (non-hydrogen) atoms. The molecule has 114 valence electrons. The van der Waals surface area contributed by atoms with Gasteiger partial charge in [-0.15, -0.1) is 0 Å². The van der Waals surface area contributed by atoms with Crippen molar-refractivity contribution in [1.29, 1.82) is 0 Å². The molecule has 0 N–H and O–H groups in total. The van der Waals surface area contributed by atoms with Crippen LogP contribution in [-0.2, 0) is 10.0 Å². The summed E-state index contributed by atoms with van der Waals surface area (Å²) < 4.78 is 32.8. The van der Waals surface area contributed by atoms with Gasteiger partial charge in [0.05, 0.1) is 18.8 Å². The second kappa shape index (κ2) is 5.61. The molecule has 0 radical (unpaired) electrons. The van der Waals surface area contributed by atoms with Gasteiger partial charge >= 0.3 is 0 Å². The van der Waals surface area contributed by atoms with Gasteiger partial charge in [-0.25, -0.2) is 12.4 Å². The third-order valence-corrected chi connectivity index (χ3v) is 6.21. The van der Waals surface area contributed by atoms with Gasteiger partial charge in [-0.3, -0.25) is 0 Å². The number of rotatable bonds is 3. The molecular weight excluding hydrogens is 390 g/mol. The average molecular weight is 401 g/mol. The van der Waals surface area contributed by atoms with Crippen LogP contribution in [0.15, 0.2) is 58.0 Å². The Kier molecular flexibility index (Phi) is 3.92. The maximum atomic E-state index is 12.9. The van der Waals surface area contributed by atoms with E-state index in [-0.39, 0.29) is 4.90 Å². The largest absolute Gasteiger partial charge is 0.494 e. The number of aromatic nitrogens is 1. The van der Waals surface area contributed by atoms with Crippen LogP contribution in [0, 0.1) is 0 Å². The van der Waals surface area contributed by atoms with Gasteiger partial charge in [0.25, 0.3) is 10.0 Å². The van der Waals surface area contributed by atoms with Gasteiger partial charge in [0.1, 0.15) is 10.6 Å². The molecule has 0 saturated carbocycles. The first kappa shape index (κ1) is 15.4. The third kappa shape index (κ3) is 2.41. The topological polar surface area (TPSA) is 48.3 Å². The molecule has 2 aromatic carbocycles. The molecule has 0 unspecified atom stereocenters. The SMILES string of the molecule is COc1cn(S(=O)(=O)c2ccccc2Br)c2ccc(Cl)cc12. The quantitative estimate of drug-likeness (QED) is 0.658. The molecule has 0 bridgehead atoms. The molecule has 0 aliphatic carbocycles. The van der Waals surface area contributed by atoms with E-state index in [4.69, 9.17) is 16.3 Å². The Labute approximate surface area is 141 Å². The Hall–Kier alpha value is -1.50. The fraction of sp³-hybridized carbons (Fsp3) is 0.0667. The van der Waals surface area contributed by atoms with Crippen molar-refractivity contribution in [2.45, 2.75) is 4.90 Å². The lowest BCUT2D eigenvalue weighted by atomic mass is 10.2. The normalized spacial score (nSPS) is 11.8. The monoisotopic (exact) mass is 399 g/mol. The molecular formula is C15H11BrClNO3S. The lowest BCUT2D eigenvalue weighted by Crippen LogP contribution is -2.12. The van der Waals surface area contributed by atoms with E-state index in [1.807, 2.05) is 0 Å². The van der Waals surface area contributed by atoms with Crippen LogP contribution >= 0.6 is 27.5 Å². The van der Waals surface area contributed by atoms with E-state index < -0.39 is 10.0 Å². The van der Waals surface area contributed by atoms with E-state index in [1.165, 1.54) is 17.3 Å². The summed E-state index contributed by atoms with van der Waals surface area (Å²) in [6.07, 6.45) is 1.45. The fourth-order valence-electron chi connectivity index (χ4n) is 2.26. The molecule has 0 saturated heterocycles. The van der Waals surface area contributed by atoms with Crippen LogP contribution in [-0.4, -0.2) is 19.5 Å². The van der Waals surface area contributed by atoms with Gasteiger partial charge < -0.3 is 4.74 Å². The van der Waals surface area contributed by atoms with Crippen molar-refractivity contribution in [3.05, 3.63) is 58.2 Å². The van der Waals surface area contributed by atoms with Crippen molar-refractivity contribution in [3.8, 4) is 5.75 Å². The van der Waals surface area contributed by atoms with Gasteiger partial charge in [0.15, 0.2) is 0 Å². The first-order chi connectivity index (χ1) is 10.4. The Morgan fingerprint density at radius 2 is 1.91 bits per heavy atom. The van der Waals surface area contributed by atoms with Crippen molar-refractivity contribution in [2.75, 3.05) is 7.11 Å². The summed E-state index contributed by atoms with van der Waals surface area (Å²) in [5, 5.41) is 1.16. The smallest absolute Gasteiger partial charge is 0.269 e. The Balaban J connectivity index is 2.33. The molecule has 4 nitrogen and oxygen atoms in total. The van der Waals surface area contributed by atoms with Gasteiger partial charge in [0, 0.05) is 14.9 Å². The van der Waals surface area contributed by atoms with Gasteiger partial charge in [-0.05, 0) is 46.3 Å². The Bertz CT molecular complexity index is 966. The molecule has 1 heterocycles. The predicted molar refractivity (Wildman–Crippen MR) is 90.2 cm³/mol. The maximum Gasteiger partial charge on any atom is 0.269 e. The van der Waals surface area contributed by atoms with Crippen LogP contribution in [0.4, 0.5) is 0 Å². The van der Waals surface area contributed by atoms with E-state index in [1.54, 1.807) is 42.5 Å². The molecule has 0 amide bonds. The zero-order valence-electron chi connectivity index (χ0n) is 11.5. The molecule has 0 atom stereocenters. The van der Waals surface area contributed by atoms with Crippen molar-refractivity contribution in [3.63, 3.8) is 0 Å². The number of hydrogen-bond acceptors (Lipinski definition) is 3. The fourth-order valence-corrected chi connectivity index (χ4v) is 4.76. The number of fused-ring (bicyclic) bond motifs is 1. The number of hydrogen-bond donors (Lipinski definition) is 0. The third-order valence-electron chi connectivity index (χ3n) is 3.29. The average Bonchev–Trinajstić information content (AvgIpc) is 2.86. The minimum absolute atomic E-state index is 0.185. The summed E-state index contributed by atoms with van der Waals surface area (Å²) in [5.41, 5.74) is 0.511. The second-order valence-electron chi connectivity index (χ2n) is 4.59.